The molecule has 0 bridgehead atoms. The lowest BCUT2D eigenvalue weighted by Gasteiger charge is -2.14. The Morgan fingerprint density at radius 1 is 1.50 bits per heavy atom. The predicted octanol–water partition coefficient (Wildman–Crippen LogP) is 1.62. The molecular formula is C12H17NO4S. The largest absolute Gasteiger partial charge is 0.506 e. The average Bonchev–Trinajstić information content (AvgIpc) is 2.75. The van der Waals surface area contributed by atoms with Gasteiger partial charge in [-0.1, -0.05) is 12.1 Å². The van der Waals surface area contributed by atoms with Crippen molar-refractivity contribution in [3.8, 4) is 5.75 Å². The molecule has 1 unspecified atom stereocenters. The van der Waals surface area contributed by atoms with E-state index in [1.165, 1.54) is 6.07 Å². The number of sulfonamides is 1. The maximum Gasteiger partial charge on any atom is 0.235 e. The molecule has 0 radical (unpaired) electrons. The lowest BCUT2D eigenvalue weighted by molar-refractivity contribution is 0.127. The summed E-state index contributed by atoms with van der Waals surface area (Å²) in [6.45, 7) is 2.36. The van der Waals surface area contributed by atoms with Crippen LogP contribution in [0.4, 0.5) is 5.69 Å². The van der Waals surface area contributed by atoms with Gasteiger partial charge in [-0.05, 0) is 31.4 Å². The summed E-state index contributed by atoms with van der Waals surface area (Å²) in [7, 11) is -3.50. The molecule has 1 atom stereocenters. The zero-order valence-electron chi connectivity index (χ0n) is 10.2. The normalized spacial score (nSPS) is 19.9. The molecule has 5 nitrogen and oxygen atoms in total. The quantitative estimate of drug-likeness (QED) is 0.816. The number of nitrogens with one attached hydrogen (secondary N) is 1. The van der Waals surface area contributed by atoms with Gasteiger partial charge in [-0.3, -0.25) is 4.72 Å². The topological polar surface area (TPSA) is 75.6 Å². The van der Waals surface area contributed by atoms with Crippen molar-refractivity contribution in [3.63, 3.8) is 0 Å². The highest BCUT2D eigenvalue weighted by atomic mass is 32.2. The van der Waals surface area contributed by atoms with Crippen LogP contribution in [0, 0.1) is 6.92 Å². The van der Waals surface area contributed by atoms with Crippen LogP contribution in [-0.4, -0.2) is 32.0 Å². The molecule has 1 aliphatic rings. The third-order valence-corrected chi connectivity index (χ3v) is 4.26. The fourth-order valence-corrected chi connectivity index (χ4v) is 3.41. The number of hydrogen-bond acceptors (Lipinski definition) is 4. The molecule has 1 saturated heterocycles. The van der Waals surface area contributed by atoms with E-state index in [1.807, 2.05) is 0 Å². The summed E-state index contributed by atoms with van der Waals surface area (Å²) in [5.74, 6) is -0.133. The van der Waals surface area contributed by atoms with Crippen LogP contribution >= 0.6 is 0 Å². The summed E-state index contributed by atoms with van der Waals surface area (Å²) in [5.41, 5.74) is 0.932. The van der Waals surface area contributed by atoms with Crippen LogP contribution in [0.25, 0.3) is 0 Å². The molecule has 18 heavy (non-hydrogen) atoms. The number of anilines is 1. The first-order valence-electron chi connectivity index (χ1n) is 5.88. The summed E-state index contributed by atoms with van der Waals surface area (Å²) in [5, 5.41) is 9.66. The van der Waals surface area contributed by atoms with E-state index in [-0.39, 0.29) is 23.3 Å². The number of rotatable bonds is 4. The fraction of sp³-hybridized carbons (Fsp3) is 0.500. The fourth-order valence-electron chi connectivity index (χ4n) is 2.00. The van der Waals surface area contributed by atoms with Gasteiger partial charge in [0.15, 0.2) is 0 Å². The summed E-state index contributed by atoms with van der Waals surface area (Å²) >= 11 is 0. The van der Waals surface area contributed by atoms with Crippen molar-refractivity contribution in [2.45, 2.75) is 25.9 Å². The second-order valence-electron chi connectivity index (χ2n) is 4.49. The molecule has 0 spiro atoms. The Labute approximate surface area is 107 Å². The van der Waals surface area contributed by atoms with E-state index in [0.29, 0.717) is 12.2 Å². The Morgan fingerprint density at radius 2 is 2.28 bits per heavy atom. The lowest BCUT2D eigenvalue weighted by Crippen LogP contribution is -2.26. The number of aromatic hydroxyl groups is 1. The maximum absolute atomic E-state index is 12.0. The first-order valence-corrected chi connectivity index (χ1v) is 7.54. The molecule has 1 aliphatic heterocycles. The van der Waals surface area contributed by atoms with E-state index in [1.54, 1.807) is 19.1 Å². The van der Waals surface area contributed by atoms with Crippen LogP contribution in [-0.2, 0) is 14.8 Å². The second-order valence-corrected chi connectivity index (χ2v) is 6.25. The molecule has 0 saturated carbocycles. The van der Waals surface area contributed by atoms with E-state index in [0.717, 1.165) is 12.8 Å². The first-order chi connectivity index (χ1) is 8.48. The van der Waals surface area contributed by atoms with Crippen molar-refractivity contribution < 1.29 is 18.3 Å². The van der Waals surface area contributed by atoms with E-state index in [9.17, 15) is 13.5 Å². The Balaban J connectivity index is 2.12. The van der Waals surface area contributed by atoms with Crippen molar-refractivity contribution in [1.29, 1.82) is 0 Å². The molecule has 1 aromatic carbocycles. The minimum absolute atomic E-state index is 0.0640. The Morgan fingerprint density at radius 3 is 2.89 bits per heavy atom. The minimum Gasteiger partial charge on any atom is -0.506 e. The molecule has 0 aromatic heterocycles. The third-order valence-electron chi connectivity index (χ3n) is 2.94. The summed E-state index contributed by atoms with van der Waals surface area (Å²) in [6.07, 6.45) is 1.42. The van der Waals surface area contributed by atoms with Gasteiger partial charge < -0.3 is 9.84 Å². The van der Waals surface area contributed by atoms with Gasteiger partial charge in [0.2, 0.25) is 10.0 Å². The number of ether oxygens (including phenoxy) is 1. The third kappa shape index (κ3) is 3.14. The van der Waals surface area contributed by atoms with Crippen LogP contribution in [0.1, 0.15) is 18.4 Å². The number of phenols is 1. The van der Waals surface area contributed by atoms with Crippen molar-refractivity contribution in [2.24, 2.45) is 0 Å². The van der Waals surface area contributed by atoms with Crippen molar-refractivity contribution in [1.82, 2.24) is 0 Å². The molecule has 0 amide bonds. The lowest BCUT2D eigenvalue weighted by atomic mass is 10.2. The number of hydrogen-bond donors (Lipinski definition) is 2. The molecule has 1 fully saturated rings. The van der Waals surface area contributed by atoms with Crippen molar-refractivity contribution in [2.75, 3.05) is 17.1 Å². The Kier molecular flexibility index (Phi) is 3.77. The molecule has 2 rings (SSSR count). The van der Waals surface area contributed by atoms with E-state index >= 15 is 0 Å². The van der Waals surface area contributed by atoms with Crippen LogP contribution in [0.2, 0.25) is 0 Å². The predicted molar refractivity (Wildman–Crippen MR) is 69.2 cm³/mol. The minimum atomic E-state index is -3.50. The van der Waals surface area contributed by atoms with Gasteiger partial charge in [0.1, 0.15) is 5.75 Å². The molecule has 0 aliphatic carbocycles. The smallest absolute Gasteiger partial charge is 0.235 e. The molecule has 6 heteroatoms. The molecule has 1 aromatic rings. The van der Waals surface area contributed by atoms with Gasteiger partial charge in [0.05, 0.1) is 17.5 Å². The van der Waals surface area contributed by atoms with E-state index in [4.69, 9.17) is 4.74 Å². The van der Waals surface area contributed by atoms with Crippen molar-refractivity contribution in [3.05, 3.63) is 23.8 Å². The average molecular weight is 271 g/mol. The number of benzene rings is 1. The van der Waals surface area contributed by atoms with Gasteiger partial charge in [-0.25, -0.2) is 8.42 Å². The molecular weight excluding hydrogens is 254 g/mol. The van der Waals surface area contributed by atoms with Gasteiger partial charge in [-0.15, -0.1) is 0 Å². The highest BCUT2D eigenvalue weighted by Crippen LogP contribution is 2.28. The monoisotopic (exact) mass is 271 g/mol. The van der Waals surface area contributed by atoms with Gasteiger partial charge in [-0.2, -0.15) is 0 Å². The van der Waals surface area contributed by atoms with Crippen LogP contribution in [0.15, 0.2) is 18.2 Å². The van der Waals surface area contributed by atoms with Crippen LogP contribution in [0.5, 0.6) is 5.75 Å². The number of para-hydroxylation sites is 1. The van der Waals surface area contributed by atoms with Crippen molar-refractivity contribution >= 4 is 15.7 Å². The molecule has 100 valence electrons. The zero-order chi connectivity index (χ0) is 13.2. The molecule has 1 heterocycles. The highest BCUT2D eigenvalue weighted by molar-refractivity contribution is 7.92. The van der Waals surface area contributed by atoms with E-state index in [2.05, 4.69) is 4.72 Å². The second kappa shape index (κ2) is 5.16. The summed E-state index contributed by atoms with van der Waals surface area (Å²) in [4.78, 5) is 0. The molecule has 2 N–H and O–H groups in total. The Hall–Kier alpha value is -1.27. The summed E-state index contributed by atoms with van der Waals surface area (Å²) < 4.78 is 31.6. The van der Waals surface area contributed by atoms with Crippen LogP contribution in [0.3, 0.4) is 0 Å². The SMILES string of the molecule is Cc1cccc(O)c1NS(=O)(=O)CC1CCCO1. The van der Waals surface area contributed by atoms with Gasteiger partial charge in [0, 0.05) is 6.61 Å². The number of phenolic OH excluding ortho intramolecular Hbond substituents is 1. The zero-order valence-corrected chi connectivity index (χ0v) is 11.0. The van der Waals surface area contributed by atoms with Gasteiger partial charge >= 0.3 is 0 Å². The number of aryl methyl sites for hydroxylation is 1. The Bertz CT molecular complexity index is 501. The van der Waals surface area contributed by atoms with Crippen LogP contribution < -0.4 is 4.72 Å². The maximum atomic E-state index is 12.0. The summed E-state index contributed by atoms with van der Waals surface area (Å²) in [6, 6.07) is 4.86. The standard InChI is InChI=1S/C12H17NO4S/c1-9-4-2-6-11(14)12(9)13-18(15,16)8-10-5-3-7-17-10/h2,4,6,10,13-14H,3,5,7-8H2,1H3. The van der Waals surface area contributed by atoms with E-state index < -0.39 is 10.0 Å². The highest BCUT2D eigenvalue weighted by Gasteiger charge is 2.24. The first kappa shape index (κ1) is 13.2. The van der Waals surface area contributed by atoms with Gasteiger partial charge in [0.25, 0.3) is 0 Å².